The molecule has 0 unspecified atom stereocenters. The SMILES string of the molecule is CN(Cc1cccnc1Cl)C1CNC1. The Morgan fingerprint density at radius 3 is 3.00 bits per heavy atom. The van der Waals surface area contributed by atoms with Crippen molar-refractivity contribution < 1.29 is 0 Å². The summed E-state index contributed by atoms with van der Waals surface area (Å²) in [5.74, 6) is 0. The number of rotatable bonds is 3. The first kappa shape index (κ1) is 9.90. The van der Waals surface area contributed by atoms with E-state index >= 15 is 0 Å². The topological polar surface area (TPSA) is 28.2 Å². The van der Waals surface area contributed by atoms with Crippen molar-refractivity contribution in [2.75, 3.05) is 20.1 Å². The maximum atomic E-state index is 5.98. The van der Waals surface area contributed by atoms with Gasteiger partial charge >= 0.3 is 0 Å². The normalized spacial score (nSPS) is 17.1. The molecule has 14 heavy (non-hydrogen) atoms. The van der Waals surface area contributed by atoms with E-state index in [2.05, 4.69) is 22.2 Å². The lowest BCUT2D eigenvalue weighted by Crippen LogP contribution is -2.55. The van der Waals surface area contributed by atoms with Crippen molar-refractivity contribution in [3.8, 4) is 0 Å². The minimum Gasteiger partial charge on any atom is -0.314 e. The first-order valence-electron chi connectivity index (χ1n) is 4.77. The van der Waals surface area contributed by atoms with Crippen molar-refractivity contribution in [2.45, 2.75) is 12.6 Å². The molecule has 1 N–H and O–H groups in total. The van der Waals surface area contributed by atoms with Gasteiger partial charge in [-0.15, -0.1) is 0 Å². The second-order valence-corrected chi connectivity index (χ2v) is 4.04. The number of aromatic nitrogens is 1. The van der Waals surface area contributed by atoms with Gasteiger partial charge in [0.15, 0.2) is 0 Å². The van der Waals surface area contributed by atoms with Gasteiger partial charge in [-0.1, -0.05) is 17.7 Å². The summed E-state index contributed by atoms with van der Waals surface area (Å²) in [5, 5.41) is 3.87. The van der Waals surface area contributed by atoms with E-state index in [0.29, 0.717) is 11.2 Å². The van der Waals surface area contributed by atoms with Crippen molar-refractivity contribution in [2.24, 2.45) is 0 Å². The molecule has 76 valence electrons. The second-order valence-electron chi connectivity index (χ2n) is 3.68. The average Bonchev–Trinajstić information content (AvgIpc) is 2.05. The Morgan fingerprint density at radius 1 is 1.64 bits per heavy atom. The molecule has 0 amide bonds. The van der Waals surface area contributed by atoms with Gasteiger partial charge in [-0.25, -0.2) is 4.98 Å². The van der Waals surface area contributed by atoms with Crippen molar-refractivity contribution >= 4 is 11.6 Å². The van der Waals surface area contributed by atoms with Crippen molar-refractivity contribution in [1.82, 2.24) is 15.2 Å². The molecule has 1 aliphatic rings. The summed E-state index contributed by atoms with van der Waals surface area (Å²) in [6.07, 6.45) is 1.72. The third kappa shape index (κ3) is 2.05. The van der Waals surface area contributed by atoms with Crippen LogP contribution in [0.5, 0.6) is 0 Å². The summed E-state index contributed by atoms with van der Waals surface area (Å²) < 4.78 is 0. The minimum absolute atomic E-state index is 0.617. The summed E-state index contributed by atoms with van der Waals surface area (Å²) in [5.41, 5.74) is 1.10. The molecule has 1 aliphatic heterocycles. The summed E-state index contributed by atoms with van der Waals surface area (Å²) in [6, 6.07) is 4.60. The standard InChI is InChI=1S/C10H14ClN3/c1-14(9-5-12-6-9)7-8-3-2-4-13-10(8)11/h2-4,9,12H,5-7H2,1H3. The van der Waals surface area contributed by atoms with Crippen LogP contribution in [0.3, 0.4) is 0 Å². The smallest absolute Gasteiger partial charge is 0.133 e. The van der Waals surface area contributed by atoms with Crippen LogP contribution < -0.4 is 5.32 Å². The fraction of sp³-hybridized carbons (Fsp3) is 0.500. The molecule has 1 aromatic heterocycles. The maximum Gasteiger partial charge on any atom is 0.133 e. The van der Waals surface area contributed by atoms with E-state index in [1.807, 2.05) is 12.1 Å². The third-order valence-electron chi connectivity index (χ3n) is 2.64. The molecule has 0 atom stereocenters. The third-order valence-corrected chi connectivity index (χ3v) is 2.98. The van der Waals surface area contributed by atoms with E-state index < -0.39 is 0 Å². The zero-order valence-corrected chi connectivity index (χ0v) is 8.96. The van der Waals surface area contributed by atoms with Gasteiger partial charge in [-0.3, -0.25) is 4.90 Å². The molecular formula is C10H14ClN3. The number of likely N-dealkylation sites (N-methyl/N-ethyl adjacent to an activating group) is 1. The Kier molecular flexibility index (Phi) is 3.01. The average molecular weight is 212 g/mol. The highest BCUT2D eigenvalue weighted by molar-refractivity contribution is 6.30. The highest BCUT2D eigenvalue weighted by atomic mass is 35.5. The quantitative estimate of drug-likeness (QED) is 0.761. The fourth-order valence-corrected chi connectivity index (χ4v) is 1.70. The van der Waals surface area contributed by atoms with Crippen LogP contribution in [-0.4, -0.2) is 36.1 Å². The number of hydrogen-bond acceptors (Lipinski definition) is 3. The lowest BCUT2D eigenvalue weighted by molar-refractivity contribution is 0.173. The van der Waals surface area contributed by atoms with E-state index in [4.69, 9.17) is 11.6 Å². The van der Waals surface area contributed by atoms with Gasteiger partial charge in [0.2, 0.25) is 0 Å². The first-order valence-corrected chi connectivity index (χ1v) is 5.15. The Morgan fingerprint density at radius 2 is 2.43 bits per heavy atom. The largest absolute Gasteiger partial charge is 0.314 e. The number of pyridine rings is 1. The maximum absolute atomic E-state index is 5.98. The van der Waals surface area contributed by atoms with Crippen LogP contribution in [-0.2, 0) is 6.54 Å². The Bertz CT molecular complexity index is 312. The van der Waals surface area contributed by atoms with Crippen molar-refractivity contribution in [1.29, 1.82) is 0 Å². The Labute approximate surface area is 89.1 Å². The molecule has 4 heteroatoms. The van der Waals surface area contributed by atoms with Crippen LogP contribution in [0.25, 0.3) is 0 Å². The van der Waals surface area contributed by atoms with Crippen LogP contribution in [0.15, 0.2) is 18.3 Å². The van der Waals surface area contributed by atoms with Crippen LogP contribution >= 0.6 is 11.6 Å². The zero-order chi connectivity index (χ0) is 9.97. The molecule has 0 aliphatic carbocycles. The Hall–Kier alpha value is -0.640. The van der Waals surface area contributed by atoms with Gasteiger partial charge in [0.25, 0.3) is 0 Å². The molecule has 0 aromatic carbocycles. The summed E-state index contributed by atoms with van der Waals surface area (Å²) in [7, 11) is 2.12. The molecule has 1 fully saturated rings. The monoisotopic (exact) mass is 211 g/mol. The minimum atomic E-state index is 0.617. The summed E-state index contributed by atoms with van der Waals surface area (Å²) >= 11 is 5.98. The lowest BCUT2D eigenvalue weighted by Gasteiger charge is -2.35. The molecule has 3 nitrogen and oxygen atoms in total. The molecule has 1 aromatic rings. The van der Waals surface area contributed by atoms with Crippen LogP contribution in [0.1, 0.15) is 5.56 Å². The van der Waals surface area contributed by atoms with Crippen molar-refractivity contribution in [3.05, 3.63) is 29.0 Å². The molecule has 2 rings (SSSR count). The van der Waals surface area contributed by atoms with Crippen LogP contribution in [0.4, 0.5) is 0 Å². The first-order chi connectivity index (χ1) is 6.77. The van der Waals surface area contributed by atoms with E-state index in [-0.39, 0.29) is 0 Å². The molecule has 2 heterocycles. The number of hydrogen-bond donors (Lipinski definition) is 1. The zero-order valence-electron chi connectivity index (χ0n) is 8.20. The summed E-state index contributed by atoms with van der Waals surface area (Å²) in [4.78, 5) is 6.36. The number of halogens is 1. The van der Waals surface area contributed by atoms with E-state index in [9.17, 15) is 0 Å². The predicted octanol–water partition coefficient (Wildman–Crippen LogP) is 1.14. The fourth-order valence-electron chi connectivity index (χ4n) is 1.52. The number of nitrogens with one attached hydrogen (secondary N) is 1. The highest BCUT2D eigenvalue weighted by Gasteiger charge is 2.21. The summed E-state index contributed by atoms with van der Waals surface area (Å²) in [6.45, 7) is 3.03. The lowest BCUT2D eigenvalue weighted by atomic mass is 10.1. The van der Waals surface area contributed by atoms with Gasteiger partial charge in [-0.2, -0.15) is 0 Å². The molecular weight excluding hydrogens is 198 g/mol. The highest BCUT2D eigenvalue weighted by Crippen LogP contribution is 2.15. The Balaban J connectivity index is 1.99. The molecule has 0 spiro atoms. The number of nitrogens with zero attached hydrogens (tertiary/aromatic N) is 2. The van der Waals surface area contributed by atoms with Gasteiger partial charge in [0.1, 0.15) is 5.15 Å². The van der Waals surface area contributed by atoms with Gasteiger partial charge in [-0.05, 0) is 13.1 Å². The van der Waals surface area contributed by atoms with E-state index in [1.165, 1.54) is 0 Å². The molecule has 0 radical (unpaired) electrons. The molecule has 0 bridgehead atoms. The molecule has 0 saturated carbocycles. The van der Waals surface area contributed by atoms with Gasteiger partial charge in [0.05, 0.1) is 0 Å². The van der Waals surface area contributed by atoms with Crippen LogP contribution in [0.2, 0.25) is 5.15 Å². The second kappa shape index (κ2) is 4.26. The van der Waals surface area contributed by atoms with E-state index in [1.54, 1.807) is 6.20 Å². The predicted molar refractivity (Wildman–Crippen MR) is 57.4 cm³/mol. The van der Waals surface area contributed by atoms with Crippen LogP contribution in [0, 0.1) is 0 Å². The molecule has 1 saturated heterocycles. The van der Waals surface area contributed by atoms with Crippen molar-refractivity contribution in [3.63, 3.8) is 0 Å². The van der Waals surface area contributed by atoms with Gasteiger partial charge < -0.3 is 5.32 Å². The van der Waals surface area contributed by atoms with Gasteiger partial charge in [0, 0.05) is 37.4 Å². The van der Waals surface area contributed by atoms with E-state index in [0.717, 1.165) is 25.2 Å².